The topological polar surface area (TPSA) is 144 Å². The largest absolute Gasteiger partial charge is 0.458 e. The van der Waals surface area contributed by atoms with Crippen LogP contribution in [0.5, 0.6) is 0 Å². The smallest absolute Gasteiger partial charge is 0.331 e. The number of carbonyl (C=O) groups excluding carboxylic acids is 3. The first-order valence-electron chi connectivity index (χ1n) is 15.6. The molecule has 2 unspecified atom stereocenters. The quantitative estimate of drug-likeness (QED) is 0.395. The number of rotatable bonds is 6. The Kier molecular flexibility index (Phi) is 8.25. The second-order valence-corrected chi connectivity index (χ2v) is 13.5. The Morgan fingerprint density at radius 2 is 1.89 bits per heavy atom. The molecule has 2 saturated heterocycles. The molecule has 1 saturated carbocycles. The van der Waals surface area contributed by atoms with E-state index in [0.29, 0.717) is 48.2 Å². The van der Waals surface area contributed by atoms with Crippen LogP contribution in [0.25, 0.3) is 11.0 Å². The highest BCUT2D eigenvalue weighted by atomic mass is 16.6. The minimum absolute atomic E-state index is 0.0574. The maximum Gasteiger partial charge on any atom is 0.331 e. The second kappa shape index (κ2) is 12.0. The van der Waals surface area contributed by atoms with Gasteiger partial charge in [-0.05, 0) is 58.2 Å². The number of esters is 1. The van der Waals surface area contributed by atoms with Gasteiger partial charge in [-0.3, -0.25) is 14.9 Å². The van der Waals surface area contributed by atoms with Gasteiger partial charge in [0.05, 0.1) is 25.3 Å². The third-order valence-electron chi connectivity index (χ3n) is 8.57. The number of nitrogens with zero attached hydrogens (tertiary/aromatic N) is 6. The lowest BCUT2D eigenvalue weighted by Crippen LogP contribution is -2.67. The zero-order chi connectivity index (χ0) is 31.9. The van der Waals surface area contributed by atoms with Gasteiger partial charge in [-0.15, -0.1) is 0 Å². The summed E-state index contributed by atoms with van der Waals surface area (Å²) >= 11 is 0. The zero-order valence-electron chi connectivity index (χ0n) is 26.6. The number of carbonyl (C=O) groups is 3. The molecule has 1 aliphatic carbocycles. The molecule has 3 aliphatic rings. The molecule has 13 nitrogen and oxygen atoms in total. The van der Waals surface area contributed by atoms with Gasteiger partial charge in [0.25, 0.3) is 11.8 Å². The van der Waals surface area contributed by atoms with Crippen molar-refractivity contribution in [1.29, 1.82) is 0 Å². The Morgan fingerprint density at radius 3 is 2.58 bits per heavy atom. The Morgan fingerprint density at radius 1 is 1.11 bits per heavy atom. The molecule has 2 aliphatic heterocycles. The van der Waals surface area contributed by atoms with Gasteiger partial charge in [-0.2, -0.15) is 4.98 Å². The first-order chi connectivity index (χ1) is 21.4. The standard InChI is InChI=1S/C32H42N8O5/c1-31(2,3)45-29(43)32-18-39(13-12-22(37-32)17-44-19-32)27(41)20-10-11-25(33-15-20)35-30-34-16-21-14-24(28(42)38(4)5)40(26(21)36-30)23-8-6-7-9-23/h10-11,14-16,22-23,37H,6-9,12-13,17-19H2,1-5H3,(H,33,34,35,36). The van der Waals surface area contributed by atoms with Crippen molar-refractivity contribution in [2.24, 2.45) is 0 Å². The molecule has 3 aromatic rings. The molecule has 3 aromatic heterocycles. The molecule has 2 N–H and O–H groups in total. The second-order valence-electron chi connectivity index (χ2n) is 13.5. The van der Waals surface area contributed by atoms with Crippen LogP contribution >= 0.6 is 0 Å². The van der Waals surface area contributed by atoms with Gasteiger partial charge < -0.3 is 29.2 Å². The minimum Gasteiger partial charge on any atom is -0.458 e. The van der Waals surface area contributed by atoms with Crippen LogP contribution in [-0.2, 0) is 14.3 Å². The van der Waals surface area contributed by atoms with Crippen molar-refractivity contribution < 1.29 is 23.9 Å². The summed E-state index contributed by atoms with van der Waals surface area (Å²) in [6.45, 7) is 6.67. The van der Waals surface area contributed by atoms with Gasteiger partial charge in [0.15, 0.2) is 5.54 Å². The van der Waals surface area contributed by atoms with Crippen LogP contribution in [0.15, 0.2) is 30.6 Å². The van der Waals surface area contributed by atoms with E-state index in [0.717, 1.165) is 31.1 Å². The van der Waals surface area contributed by atoms with Gasteiger partial charge in [0.1, 0.15) is 22.8 Å². The first-order valence-corrected chi connectivity index (χ1v) is 15.6. The molecule has 240 valence electrons. The molecule has 2 bridgehead atoms. The maximum atomic E-state index is 13.7. The predicted molar refractivity (Wildman–Crippen MR) is 167 cm³/mol. The first kappa shape index (κ1) is 30.9. The maximum absolute atomic E-state index is 13.7. The molecule has 0 spiro atoms. The highest BCUT2D eigenvalue weighted by Crippen LogP contribution is 2.35. The molecule has 6 rings (SSSR count). The van der Waals surface area contributed by atoms with E-state index in [-0.39, 0.29) is 37.0 Å². The molecular weight excluding hydrogens is 576 g/mol. The summed E-state index contributed by atoms with van der Waals surface area (Å²) < 4.78 is 13.6. The van der Waals surface area contributed by atoms with Crippen molar-refractivity contribution in [3.8, 4) is 0 Å². The SMILES string of the molecule is CN(C)C(=O)c1cc2cnc(Nc3ccc(C(=O)N4CCC5COCC(C(=O)OC(C)(C)C)(C4)N5)cn3)nc2n1C1CCCC1. The summed E-state index contributed by atoms with van der Waals surface area (Å²) in [5.41, 5.74) is -0.0916. The highest BCUT2D eigenvalue weighted by Gasteiger charge is 2.49. The molecule has 3 fully saturated rings. The number of amides is 2. The van der Waals surface area contributed by atoms with Crippen LogP contribution < -0.4 is 10.6 Å². The molecule has 5 heterocycles. The number of hydrogen-bond donors (Lipinski definition) is 2. The molecule has 0 radical (unpaired) electrons. The molecule has 2 amide bonds. The zero-order valence-corrected chi connectivity index (χ0v) is 26.6. The number of hydrogen-bond acceptors (Lipinski definition) is 10. The molecule has 0 aromatic carbocycles. The van der Waals surface area contributed by atoms with E-state index in [1.165, 1.54) is 6.20 Å². The molecule has 2 atom stereocenters. The van der Waals surface area contributed by atoms with Crippen LogP contribution in [0.4, 0.5) is 11.8 Å². The van der Waals surface area contributed by atoms with E-state index in [1.807, 2.05) is 26.8 Å². The number of pyridine rings is 1. The Hall–Kier alpha value is -4.10. The van der Waals surface area contributed by atoms with Gasteiger partial charge >= 0.3 is 5.97 Å². The van der Waals surface area contributed by atoms with E-state index in [4.69, 9.17) is 14.5 Å². The van der Waals surface area contributed by atoms with Gasteiger partial charge in [0, 0.05) is 50.5 Å². The number of fused-ring (bicyclic) bond motifs is 3. The number of ether oxygens (including phenoxy) is 2. The van der Waals surface area contributed by atoms with Crippen molar-refractivity contribution in [3.05, 3.63) is 41.9 Å². The van der Waals surface area contributed by atoms with Gasteiger partial charge in [-0.25, -0.2) is 14.8 Å². The van der Waals surface area contributed by atoms with E-state index < -0.39 is 17.1 Å². The van der Waals surface area contributed by atoms with Crippen molar-refractivity contribution in [2.45, 2.75) is 76.1 Å². The lowest BCUT2D eigenvalue weighted by molar-refractivity contribution is -0.170. The lowest BCUT2D eigenvalue weighted by Gasteiger charge is -2.40. The summed E-state index contributed by atoms with van der Waals surface area (Å²) in [7, 11) is 3.50. The molecule has 13 heteroatoms. The fourth-order valence-corrected chi connectivity index (χ4v) is 6.43. The fraction of sp³-hybridized carbons (Fsp3) is 0.562. The van der Waals surface area contributed by atoms with Crippen molar-refractivity contribution in [3.63, 3.8) is 0 Å². The summed E-state index contributed by atoms with van der Waals surface area (Å²) in [6, 6.07) is 5.43. The third-order valence-corrected chi connectivity index (χ3v) is 8.57. The summed E-state index contributed by atoms with van der Waals surface area (Å²) in [6.07, 6.45) is 8.12. The third kappa shape index (κ3) is 6.36. The number of anilines is 2. The van der Waals surface area contributed by atoms with Gasteiger partial charge in [0.2, 0.25) is 5.95 Å². The van der Waals surface area contributed by atoms with Crippen LogP contribution in [0.1, 0.15) is 79.8 Å². The van der Waals surface area contributed by atoms with E-state index in [1.54, 1.807) is 42.2 Å². The Labute approximate surface area is 262 Å². The minimum atomic E-state index is -1.14. The van der Waals surface area contributed by atoms with E-state index >= 15 is 0 Å². The van der Waals surface area contributed by atoms with Gasteiger partial charge in [-0.1, -0.05) is 12.8 Å². The van der Waals surface area contributed by atoms with Crippen molar-refractivity contribution >= 4 is 40.6 Å². The van der Waals surface area contributed by atoms with E-state index in [2.05, 4.69) is 25.2 Å². The van der Waals surface area contributed by atoms with Crippen LogP contribution in [-0.4, -0.2) is 105 Å². The van der Waals surface area contributed by atoms with Crippen LogP contribution in [0.2, 0.25) is 0 Å². The van der Waals surface area contributed by atoms with Crippen molar-refractivity contribution in [2.75, 3.05) is 45.7 Å². The lowest BCUT2D eigenvalue weighted by atomic mass is 9.96. The molecule has 45 heavy (non-hydrogen) atoms. The summed E-state index contributed by atoms with van der Waals surface area (Å²) in [5.74, 6) is 0.106. The Bertz CT molecular complexity index is 1590. The Balaban J connectivity index is 1.20. The van der Waals surface area contributed by atoms with Crippen LogP contribution in [0, 0.1) is 0 Å². The summed E-state index contributed by atoms with van der Waals surface area (Å²) in [4.78, 5) is 57.0. The number of aromatic nitrogens is 4. The summed E-state index contributed by atoms with van der Waals surface area (Å²) in [5, 5.41) is 7.37. The number of nitrogens with one attached hydrogen (secondary N) is 2. The average molecular weight is 619 g/mol. The predicted octanol–water partition coefficient (Wildman–Crippen LogP) is 3.30. The highest BCUT2D eigenvalue weighted by molar-refractivity contribution is 5.98. The van der Waals surface area contributed by atoms with E-state index in [9.17, 15) is 14.4 Å². The monoisotopic (exact) mass is 618 g/mol. The fourth-order valence-electron chi connectivity index (χ4n) is 6.43. The van der Waals surface area contributed by atoms with Crippen molar-refractivity contribution in [1.82, 2.24) is 34.6 Å². The average Bonchev–Trinajstić information content (AvgIpc) is 3.63. The van der Waals surface area contributed by atoms with Crippen LogP contribution in [0.3, 0.4) is 0 Å². The molecular formula is C32H42N8O5. The number of morpholine rings is 1. The normalized spacial score (nSPS) is 22.2.